The van der Waals surface area contributed by atoms with Crippen LogP contribution in [0.25, 0.3) is 5.65 Å². The Bertz CT molecular complexity index is 961. The first-order valence-corrected chi connectivity index (χ1v) is 8.10. The summed E-state index contributed by atoms with van der Waals surface area (Å²) in [5.74, 6) is -0.960. The monoisotopic (exact) mass is 337 g/mol. The maximum atomic E-state index is 12.8. The number of benzene rings is 1. The van der Waals surface area contributed by atoms with Crippen LogP contribution >= 0.6 is 0 Å². The van der Waals surface area contributed by atoms with E-state index in [-0.39, 0.29) is 22.8 Å². The van der Waals surface area contributed by atoms with Crippen LogP contribution in [0, 0.1) is 0 Å². The van der Waals surface area contributed by atoms with Crippen LogP contribution < -0.4 is 11.1 Å². The number of nitrogens with one attached hydrogen (secondary N) is 1. The number of hydrogen-bond donors (Lipinski definition) is 2. The zero-order valence-corrected chi connectivity index (χ0v) is 14.1. The van der Waals surface area contributed by atoms with Gasteiger partial charge in [0, 0.05) is 11.9 Å². The van der Waals surface area contributed by atoms with E-state index < -0.39 is 5.91 Å². The predicted octanol–water partition coefficient (Wildman–Crippen LogP) is 2.21. The van der Waals surface area contributed by atoms with E-state index in [1.54, 1.807) is 6.07 Å². The molecule has 0 saturated carbocycles. The average Bonchev–Trinajstić information content (AvgIpc) is 3.05. The van der Waals surface area contributed by atoms with E-state index in [9.17, 15) is 9.59 Å². The van der Waals surface area contributed by atoms with Crippen LogP contribution in [0.4, 0.5) is 5.69 Å². The highest BCUT2D eigenvalue weighted by atomic mass is 16.2. The first-order chi connectivity index (χ1) is 12.0. The second-order valence-corrected chi connectivity index (χ2v) is 5.64. The molecule has 0 aliphatic rings. The number of anilines is 1. The minimum Gasteiger partial charge on any atom is -0.365 e. The normalized spacial score (nSPS) is 10.8. The lowest BCUT2D eigenvalue weighted by atomic mass is 10.1. The minimum absolute atomic E-state index is 0.178. The molecule has 2 heterocycles. The SMILES string of the molecule is CCc1ccc(CC)c(NC(=O)c2ccnc3c(C(N)=O)cnn23)c1. The molecule has 25 heavy (non-hydrogen) atoms. The quantitative estimate of drug-likeness (QED) is 0.745. The summed E-state index contributed by atoms with van der Waals surface area (Å²) in [6.45, 7) is 4.10. The Morgan fingerprint density at radius 1 is 1.20 bits per heavy atom. The van der Waals surface area contributed by atoms with Gasteiger partial charge in [-0.05, 0) is 36.1 Å². The molecule has 0 aliphatic carbocycles. The van der Waals surface area contributed by atoms with Gasteiger partial charge in [0.1, 0.15) is 11.3 Å². The molecule has 0 aliphatic heterocycles. The zero-order valence-electron chi connectivity index (χ0n) is 14.1. The van der Waals surface area contributed by atoms with Gasteiger partial charge >= 0.3 is 0 Å². The number of hydrogen-bond acceptors (Lipinski definition) is 4. The van der Waals surface area contributed by atoms with E-state index in [0.717, 1.165) is 29.7 Å². The number of amides is 2. The summed E-state index contributed by atoms with van der Waals surface area (Å²) in [6, 6.07) is 7.61. The third-order valence-corrected chi connectivity index (χ3v) is 4.11. The van der Waals surface area contributed by atoms with Crippen molar-refractivity contribution < 1.29 is 9.59 Å². The molecule has 2 amide bonds. The summed E-state index contributed by atoms with van der Waals surface area (Å²) < 4.78 is 1.32. The van der Waals surface area contributed by atoms with E-state index >= 15 is 0 Å². The van der Waals surface area contributed by atoms with Crippen LogP contribution in [0.2, 0.25) is 0 Å². The Balaban J connectivity index is 2.00. The van der Waals surface area contributed by atoms with Crippen molar-refractivity contribution in [2.45, 2.75) is 26.7 Å². The fourth-order valence-corrected chi connectivity index (χ4v) is 2.69. The molecule has 7 nitrogen and oxygen atoms in total. The number of nitrogens with two attached hydrogens (primary N) is 1. The number of aryl methyl sites for hydroxylation is 2. The second kappa shape index (κ2) is 6.72. The van der Waals surface area contributed by atoms with Crippen LogP contribution in [-0.4, -0.2) is 26.4 Å². The maximum absolute atomic E-state index is 12.8. The number of carbonyl (C=O) groups excluding carboxylic acids is 2. The Kier molecular flexibility index (Phi) is 4.47. The Labute approximate surface area is 144 Å². The predicted molar refractivity (Wildman–Crippen MR) is 94.7 cm³/mol. The van der Waals surface area contributed by atoms with Crippen molar-refractivity contribution in [2.24, 2.45) is 5.73 Å². The van der Waals surface area contributed by atoms with Crippen molar-refractivity contribution in [3.63, 3.8) is 0 Å². The molecule has 0 saturated heterocycles. The molecule has 7 heteroatoms. The van der Waals surface area contributed by atoms with Crippen molar-refractivity contribution in [3.8, 4) is 0 Å². The lowest BCUT2D eigenvalue weighted by Crippen LogP contribution is -2.18. The summed E-state index contributed by atoms with van der Waals surface area (Å²) >= 11 is 0. The molecule has 3 N–H and O–H groups in total. The van der Waals surface area contributed by atoms with E-state index in [0.29, 0.717) is 0 Å². The van der Waals surface area contributed by atoms with Gasteiger partial charge < -0.3 is 11.1 Å². The minimum atomic E-state index is -0.635. The zero-order chi connectivity index (χ0) is 18.0. The molecule has 2 aromatic heterocycles. The van der Waals surface area contributed by atoms with Gasteiger partial charge in [-0.2, -0.15) is 5.10 Å². The Morgan fingerprint density at radius 2 is 2.00 bits per heavy atom. The molecule has 0 radical (unpaired) electrons. The molecule has 0 bridgehead atoms. The summed E-state index contributed by atoms with van der Waals surface area (Å²) in [6.07, 6.45) is 4.46. The van der Waals surface area contributed by atoms with Gasteiger partial charge in [-0.15, -0.1) is 0 Å². The molecule has 0 spiro atoms. The summed E-state index contributed by atoms with van der Waals surface area (Å²) in [5, 5.41) is 7.01. The van der Waals surface area contributed by atoms with Gasteiger partial charge in [-0.25, -0.2) is 9.50 Å². The molecule has 1 aromatic carbocycles. The lowest BCUT2D eigenvalue weighted by molar-refractivity contribution is 0.0996. The van der Waals surface area contributed by atoms with Gasteiger partial charge in [0.25, 0.3) is 11.8 Å². The summed E-state index contributed by atoms with van der Waals surface area (Å²) in [7, 11) is 0. The van der Waals surface area contributed by atoms with E-state index in [1.807, 2.05) is 19.1 Å². The van der Waals surface area contributed by atoms with Crippen molar-refractivity contribution >= 4 is 23.1 Å². The van der Waals surface area contributed by atoms with E-state index in [2.05, 4.69) is 28.4 Å². The van der Waals surface area contributed by atoms with Crippen LogP contribution in [0.1, 0.15) is 45.8 Å². The molecule has 3 rings (SSSR count). The number of primary amides is 1. The maximum Gasteiger partial charge on any atom is 0.274 e. The standard InChI is InChI=1S/C18H19N5O2/c1-3-11-5-6-12(4-2)14(9-11)22-18(25)15-7-8-20-17-13(16(19)24)10-21-23(15)17/h5-10H,3-4H2,1-2H3,(H2,19,24)(H,22,25). The smallest absolute Gasteiger partial charge is 0.274 e. The van der Waals surface area contributed by atoms with Crippen LogP contribution in [0.5, 0.6) is 0 Å². The van der Waals surface area contributed by atoms with Crippen LogP contribution in [-0.2, 0) is 12.8 Å². The molecule has 3 aromatic rings. The number of carbonyl (C=O) groups is 2. The average molecular weight is 337 g/mol. The molecular weight excluding hydrogens is 318 g/mol. The molecule has 0 fully saturated rings. The second-order valence-electron chi connectivity index (χ2n) is 5.64. The van der Waals surface area contributed by atoms with Crippen molar-refractivity contribution in [3.05, 3.63) is 59.0 Å². The fraction of sp³-hybridized carbons (Fsp3) is 0.222. The molecular formula is C18H19N5O2. The third kappa shape index (κ3) is 3.08. The number of fused-ring (bicyclic) bond motifs is 1. The lowest BCUT2D eigenvalue weighted by Gasteiger charge is -2.12. The summed E-state index contributed by atoms with van der Waals surface area (Å²) in [4.78, 5) is 28.3. The van der Waals surface area contributed by atoms with Gasteiger partial charge in [-0.1, -0.05) is 26.0 Å². The highest BCUT2D eigenvalue weighted by Gasteiger charge is 2.17. The highest BCUT2D eigenvalue weighted by molar-refractivity contribution is 6.05. The Hall–Kier alpha value is -3.22. The number of aromatic nitrogens is 3. The Morgan fingerprint density at radius 3 is 2.68 bits per heavy atom. The third-order valence-electron chi connectivity index (χ3n) is 4.11. The largest absolute Gasteiger partial charge is 0.365 e. The van der Waals surface area contributed by atoms with Crippen LogP contribution in [0.15, 0.2) is 36.7 Å². The van der Waals surface area contributed by atoms with Gasteiger partial charge in [-0.3, -0.25) is 9.59 Å². The number of rotatable bonds is 5. The summed E-state index contributed by atoms with van der Waals surface area (Å²) in [5.41, 5.74) is 9.00. The molecule has 0 unspecified atom stereocenters. The van der Waals surface area contributed by atoms with E-state index in [4.69, 9.17) is 5.73 Å². The topological polar surface area (TPSA) is 102 Å². The van der Waals surface area contributed by atoms with Crippen molar-refractivity contribution in [2.75, 3.05) is 5.32 Å². The molecule has 0 atom stereocenters. The van der Waals surface area contributed by atoms with Gasteiger partial charge in [0.15, 0.2) is 5.65 Å². The first-order valence-electron chi connectivity index (χ1n) is 8.10. The van der Waals surface area contributed by atoms with E-state index in [1.165, 1.54) is 16.9 Å². The molecule has 128 valence electrons. The van der Waals surface area contributed by atoms with Gasteiger partial charge in [0.2, 0.25) is 0 Å². The van der Waals surface area contributed by atoms with Crippen molar-refractivity contribution in [1.82, 2.24) is 14.6 Å². The fourth-order valence-electron chi connectivity index (χ4n) is 2.69. The van der Waals surface area contributed by atoms with Crippen LogP contribution in [0.3, 0.4) is 0 Å². The highest BCUT2D eigenvalue weighted by Crippen LogP contribution is 2.20. The van der Waals surface area contributed by atoms with Gasteiger partial charge in [0.05, 0.1) is 6.20 Å². The van der Waals surface area contributed by atoms with Crippen molar-refractivity contribution in [1.29, 1.82) is 0 Å². The number of nitrogens with zero attached hydrogens (tertiary/aromatic N) is 3. The first kappa shape index (κ1) is 16.6.